The summed E-state index contributed by atoms with van der Waals surface area (Å²) in [5.74, 6) is -0.184. The minimum absolute atomic E-state index is 0.183. The average molecular weight is 293 g/mol. The topological polar surface area (TPSA) is 61.8 Å². The van der Waals surface area contributed by atoms with E-state index in [0.29, 0.717) is 0 Å². The number of rotatable bonds is 9. The lowest BCUT2D eigenvalue weighted by Crippen LogP contribution is -2.30. The van der Waals surface area contributed by atoms with Crippen molar-refractivity contribution in [2.24, 2.45) is 0 Å². The van der Waals surface area contributed by atoms with Gasteiger partial charge in [-0.25, -0.2) is 0 Å². The summed E-state index contributed by atoms with van der Waals surface area (Å²) in [6, 6.07) is 0. The van der Waals surface area contributed by atoms with Crippen molar-refractivity contribution in [2.45, 2.75) is 25.9 Å². The molecule has 0 aliphatic heterocycles. The van der Waals surface area contributed by atoms with E-state index in [1.54, 1.807) is 20.8 Å². The van der Waals surface area contributed by atoms with Crippen molar-refractivity contribution in [3.8, 4) is 0 Å². The molecule has 0 rings (SSSR count). The van der Waals surface area contributed by atoms with Gasteiger partial charge in [0.2, 0.25) is 5.08 Å². The maximum Gasteiger partial charge on any atom is 0.370 e. The van der Waals surface area contributed by atoms with Crippen LogP contribution in [-0.4, -0.2) is 30.8 Å². The lowest BCUT2D eigenvalue weighted by Gasteiger charge is -2.32. The Morgan fingerprint density at radius 1 is 1.19 bits per heavy atom. The summed E-state index contributed by atoms with van der Waals surface area (Å²) >= 11 is 5.72. The van der Waals surface area contributed by atoms with Crippen molar-refractivity contribution in [1.29, 1.82) is 0 Å². The highest BCUT2D eigenvalue weighted by molar-refractivity contribution is 7.64. The number of alkyl halides is 1. The van der Waals surface area contributed by atoms with Crippen molar-refractivity contribution in [1.82, 2.24) is 0 Å². The normalized spacial score (nSPS) is 16.8. The van der Waals surface area contributed by atoms with Gasteiger partial charge < -0.3 is 18.3 Å². The summed E-state index contributed by atoms with van der Waals surface area (Å²) in [7, 11) is -5.14. The zero-order valence-electron chi connectivity index (χ0n) is 9.77. The van der Waals surface area contributed by atoms with E-state index in [2.05, 4.69) is 0 Å². The summed E-state index contributed by atoms with van der Waals surface area (Å²) in [6.07, 6.45) is 0. The molecule has 0 amide bonds. The molecule has 0 aliphatic carbocycles. The van der Waals surface area contributed by atoms with E-state index in [1.165, 1.54) is 0 Å². The van der Waals surface area contributed by atoms with E-state index in [1.807, 2.05) is 0 Å². The molecule has 2 unspecified atom stereocenters. The van der Waals surface area contributed by atoms with Gasteiger partial charge in [0.25, 0.3) is 0 Å². The van der Waals surface area contributed by atoms with Gasteiger partial charge in [-0.15, -0.1) is 11.6 Å². The average Bonchev–Trinajstić information content (AvgIpc) is 2.26. The maximum atomic E-state index is 12.5. The van der Waals surface area contributed by atoms with Crippen LogP contribution in [0.3, 0.4) is 0 Å². The minimum atomic E-state index is -3.61. The Morgan fingerprint density at radius 2 is 1.69 bits per heavy atom. The second-order valence-corrected chi connectivity index (χ2v) is 7.05. The van der Waals surface area contributed by atoms with Crippen LogP contribution in [0.15, 0.2) is 0 Å². The van der Waals surface area contributed by atoms with Gasteiger partial charge in [-0.2, -0.15) is 0 Å². The standard InChI is InChI=1S/C8H19ClO5P2/c1-4-12-8(7-9,15-10)16(11,13-5-2)14-6-3/h4-7,15H2,1-3H3. The third-order valence-corrected chi connectivity index (χ3v) is 7.09. The van der Waals surface area contributed by atoms with Crippen LogP contribution in [0.2, 0.25) is 0 Å². The fraction of sp³-hybridized carbons (Fsp3) is 1.00. The molecule has 0 aromatic heterocycles. The van der Waals surface area contributed by atoms with Gasteiger partial charge in [-0.3, -0.25) is 4.57 Å². The molecule has 0 N–H and O–H groups in total. The highest BCUT2D eigenvalue weighted by Gasteiger charge is 2.51. The summed E-state index contributed by atoms with van der Waals surface area (Å²) < 4.78 is 39.3. The fourth-order valence-corrected chi connectivity index (χ4v) is 4.76. The van der Waals surface area contributed by atoms with Crippen LogP contribution in [0.25, 0.3) is 0 Å². The molecule has 2 atom stereocenters. The highest BCUT2D eigenvalue weighted by Crippen LogP contribution is 2.65. The number of ether oxygens (including phenoxy) is 1. The van der Waals surface area contributed by atoms with Gasteiger partial charge in [0, 0.05) is 6.61 Å². The lowest BCUT2D eigenvalue weighted by molar-refractivity contribution is 0.0655. The number of hydrogen-bond acceptors (Lipinski definition) is 5. The molecular formula is C8H19ClO5P2. The SMILES string of the molecule is CCOC(CCl)([PH2]=O)P(=O)(OCC)OCC. The fourth-order valence-electron chi connectivity index (χ4n) is 1.17. The van der Waals surface area contributed by atoms with E-state index >= 15 is 0 Å². The Morgan fingerprint density at radius 3 is 1.94 bits per heavy atom. The largest absolute Gasteiger partial charge is 0.370 e. The molecule has 0 radical (unpaired) electrons. The maximum absolute atomic E-state index is 12.5. The molecular weight excluding hydrogens is 273 g/mol. The van der Waals surface area contributed by atoms with Gasteiger partial charge in [-0.1, -0.05) is 0 Å². The van der Waals surface area contributed by atoms with E-state index < -0.39 is 21.1 Å². The molecule has 5 nitrogen and oxygen atoms in total. The first-order chi connectivity index (χ1) is 7.55. The molecule has 0 saturated carbocycles. The quantitative estimate of drug-likeness (QED) is 0.483. The van der Waals surface area contributed by atoms with Gasteiger partial charge in [-0.05, 0) is 20.8 Å². The van der Waals surface area contributed by atoms with Crippen LogP contribution in [0, 0.1) is 0 Å². The second kappa shape index (κ2) is 7.86. The molecule has 0 fully saturated rings. The Kier molecular flexibility index (Phi) is 8.17. The highest BCUT2D eigenvalue weighted by atomic mass is 35.5. The van der Waals surface area contributed by atoms with Crippen molar-refractivity contribution >= 4 is 27.7 Å². The van der Waals surface area contributed by atoms with Gasteiger partial charge in [0.1, 0.15) is 8.46 Å². The number of hydrogen-bond donors (Lipinski definition) is 0. The second-order valence-electron chi connectivity index (χ2n) is 2.86. The molecule has 0 bridgehead atoms. The summed E-state index contributed by atoms with van der Waals surface area (Å²) in [4.78, 5) is 0. The predicted octanol–water partition coefficient (Wildman–Crippen LogP) is 2.94. The molecule has 0 aliphatic rings. The first kappa shape index (κ1) is 16.6. The molecule has 0 heterocycles. The lowest BCUT2D eigenvalue weighted by atomic mass is 10.8. The van der Waals surface area contributed by atoms with Gasteiger partial charge in [0.15, 0.2) is 0 Å². The van der Waals surface area contributed by atoms with Crippen molar-refractivity contribution in [3.63, 3.8) is 0 Å². The molecule has 0 spiro atoms. The molecule has 0 saturated heterocycles. The molecule has 16 heavy (non-hydrogen) atoms. The van der Waals surface area contributed by atoms with E-state index in [-0.39, 0.29) is 25.7 Å². The Hall–Kier alpha value is 0.630. The third kappa shape index (κ3) is 3.56. The molecule has 98 valence electrons. The van der Waals surface area contributed by atoms with Crippen LogP contribution >= 0.6 is 27.7 Å². The van der Waals surface area contributed by atoms with Gasteiger partial charge in [0.05, 0.1) is 19.1 Å². The Labute approximate surface area is 103 Å². The monoisotopic (exact) mass is 292 g/mol. The smallest absolute Gasteiger partial charge is 0.355 e. The van der Waals surface area contributed by atoms with Crippen molar-refractivity contribution < 1.29 is 22.9 Å². The van der Waals surface area contributed by atoms with Crippen LogP contribution in [0.4, 0.5) is 0 Å². The third-order valence-electron chi connectivity index (χ3n) is 1.83. The summed E-state index contributed by atoms with van der Waals surface area (Å²) in [5, 5.41) is -1.50. The minimum Gasteiger partial charge on any atom is -0.355 e. The van der Waals surface area contributed by atoms with Crippen LogP contribution < -0.4 is 0 Å². The van der Waals surface area contributed by atoms with Crippen molar-refractivity contribution in [2.75, 3.05) is 25.7 Å². The van der Waals surface area contributed by atoms with Crippen LogP contribution in [-0.2, 0) is 22.9 Å². The van der Waals surface area contributed by atoms with Crippen molar-refractivity contribution in [3.05, 3.63) is 0 Å². The first-order valence-electron chi connectivity index (χ1n) is 5.11. The van der Waals surface area contributed by atoms with E-state index in [0.717, 1.165) is 0 Å². The molecule has 0 aromatic rings. The van der Waals surface area contributed by atoms with E-state index in [9.17, 15) is 9.13 Å². The predicted molar refractivity (Wildman–Crippen MR) is 66.3 cm³/mol. The van der Waals surface area contributed by atoms with E-state index in [4.69, 9.17) is 25.4 Å². The van der Waals surface area contributed by atoms with Gasteiger partial charge >= 0.3 is 7.60 Å². The summed E-state index contributed by atoms with van der Waals surface area (Å²) in [6.45, 7) is 5.67. The first-order valence-corrected chi connectivity index (χ1v) is 8.23. The van der Waals surface area contributed by atoms with Crippen LogP contribution in [0.1, 0.15) is 20.8 Å². The zero-order valence-corrected chi connectivity index (χ0v) is 12.6. The summed E-state index contributed by atoms with van der Waals surface area (Å²) in [5.41, 5.74) is 0. The zero-order chi connectivity index (χ0) is 12.7. The molecule has 8 heteroatoms. The molecule has 0 aromatic carbocycles. The Bertz CT molecular complexity index is 253. The Balaban J connectivity index is 5.22. The van der Waals surface area contributed by atoms with Crippen LogP contribution in [0.5, 0.6) is 0 Å². The number of halogens is 1.